The van der Waals surface area contributed by atoms with Crippen LogP contribution in [0.2, 0.25) is 0 Å². The van der Waals surface area contributed by atoms with E-state index in [9.17, 15) is 0 Å². The molecule has 1 fully saturated rings. The summed E-state index contributed by atoms with van der Waals surface area (Å²) in [5, 5.41) is 5.55. The minimum absolute atomic E-state index is 0.669. The molecule has 1 aromatic rings. The standard InChI is InChI=1S/C10H17N3S/c1-9-6-11-3-5-13(9)4-2-10-7-14-8-12-10/h7-9,11H,2-6H2,1H3. The molecule has 2 rings (SSSR count). The number of rotatable bonds is 3. The Bertz CT molecular complexity index is 260. The van der Waals surface area contributed by atoms with Gasteiger partial charge in [0.05, 0.1) is 11.2 Å². The van der Waals surface area contributed by atoms with Crippen LogP contribution in [0.1, 0.15) is 12.6 Å². The summed E-state index contributed by atoms with van der Waals surface area (Å²) in [4.78, 5) is 6.84. The third-order valence-corrected chi connectivity index (χ3v) is 3.41. The Kier molecular flexibility index (Phi) is 3.50. The van der Waals surface area contributed by atoms with Crippen molar-refractivity contribution in [2.45, 2.75) is 19.4 Å². The maximum absolute atomic E-state index is 4.30. The molecule has 0 aliphatic carbocycles. The van der Waals surface area contributed by atoms with Gasteiger partial charge in [-0.25, -0.2) is 4.98 Å². The lowest BCUT2D eigenvalue weighted by Gasteiger charge is -2.33. The molecule has 2 heterocycles. The van der Waals surface area contributed by atoms with E-state index < -0.39 is 0 Å². The minimum atomic E-state index is 0.669. The maximum atomic E-state index is 4.30. The second kappa shape index (κ2) is 4.87. The predicted molar refractivity (Wildman–Crippen MR) is 59.7 cm³/mol. The minimum Gasteiger partial charge on any atom is -0.314 e. The van der Waals surface area contributed by atoms with E-state index in [0.717, 1.165) is 26.1 Å². The molecule has 1 aliphatic rings. The Hall–Kier alpha value is -0.450. The van der Waals surface area contributed by atoms with Gasteiger partial charge >= 0.3 is 0 Å². The summed E-state index contributed by atoms with van der Waals surface area (Å²) in [7, 11) is 0. The van der Waals surface area contributed by atoms with Crippen LogP contribution >= 0.6 is 11.3 Å². The van der Waals surface area contributed by atoms with Gasteiger partial charge in [-0.2, -0.15) is 0 Å². The molecule has 1 aromatic heterocycles. The Balaban J connectivity index is 1.79. The molecule has 1 atom stereocenters. The van der Waals surface area contributed by atoms with Crippen molar-refractivity contribution in [3.8, 4) is 0 Å². The van der Waals surface area contributed by atoms with Crippen molar-refractivity contribution >= 4 is 11.3 Å². The molecular weight excluding hydrogens is 194 g/mol. The van der Waals surface area contributed by atoms with Crippen molar-refractivity contribution in [2.75, 3.05) is 26.2 Å². The Morgan fingerprint density at radius 2 is 2.64 bits per heavy atom. The first-order chi connectivity index (χ1) is 6.86. The van der Waals surface area contributed by atoms with E-state index in [1.165, 1.54) is 12.2 Å². The zero-order valence-corrected chi connectivity index (χ0v) is 9.39. The number of aromatic nitrogens is 1. The normalized spacial score (nSPS) is 23.9. The van der Waals surface area contributed by atoms with Crippen LogP contribution in [0.15, 0.2) is 10.9 Å². The van der Waals surface area contributed by atoms with E-state index in [4.69, 9.17) is 0 Å². The van der Waals surface area contributed by atoms with E-state index >= 15 is 0 Å². The van der Waals surface area contributed by atoms with Gasteiger partial charge in [0.1, 0.15) is 0 Å². The van der Waals surface area contributed by atoms with E-state index in [1.54, 1.807) is 11.3 Å². The zero-order valence-electron chi connectivity index (χ0n) is 8.57. The molecule has 1 N–H and O–H groups in total. The topological polar surface area (TPSA) is 28.2 Å². The molecule has 0 saturated carbocycles. The van der Waals surface area contributed by atoms with Crippen molar-refractivity contribution in [3.63, 3.8) is 0 Å². The fraction of sp³-hybridized carbons (Fsp3) is 0.700. The summed E-state index contributed by atoms with van der Waals surface area (Å²) in [6.07, 6.45) is 1.09. The molecule has 0 bridgehead atoms. The van der Waals surface area contributed by atoms with Gasteiger partial charge in [-0.1, -0.05) is 0 Å². The Morgan fingerprint density at radius 1 is 1.71 bits per heavy atom. The summed E-state index contributed by atoms with van der Waals surface area (Å²) >= 11 is 1.69. The zero-order chi connectivity index (χ0) is 9.80. The fourth-order valence-electron chi connectivity index (χ4n) is 1.83. The van der Waals surface area contributed by atoms with Gasteiger partial charge in [0.2, 0.25) is 0 Å². The van der Waals surface area contributed by atoms with Crippen molar-refractivity contribution < 1.29 is 0 Å². The van der Waals surface area contributed by atoms with Gasteiger partial charge in [-0.15, -0.1) is 11.3 Å². The van der Waals surface area contributed by atoms with E-state index in [0.29, 0.717) is 6.04 Å². The highest BCUT2D eigenvalue weighted by atomic mass is 32.1. The van der Waals surface area contributed by atoms with Gasteiger partial charge in [-0.05, 0) is 6.92 Å². The third kappa shape index (κ3) is 2.53. The van der Waals surface area contributed by atoms with Crippen LogP contribution in [-0.2, 0) is 6.42 Å². The molecule has 1 aliphatic heterocycles. The molecule has 14 heavy (non-hydrogen) atoms. The first-order valence-corrected chi connectivity index (χ1v) is 6.12. The van der Waals surface area contributed by atoms with Crippen LogP contribution < -0.4 is 5.32 Å². The number of hydrogen-bond acceptors (Lipinski definition) is 4. The molecule has 1 saturated heterocycles. The van der Waals surface area contributed by atoms with Crippen LogP contribution in [0, 0.1) is 0 Å². The van der Waals surface area contributed by atoms with Crippen LogP contribution in [-0.4, -0.2) is 42.1 Å². The van der Waals surface area contributed by atoms with E-state index in [2.05, 4.69) is 27.5 Å². The van der Waals surface area contributed by atoms with Gasteiger partial charge in [0.15, 0.2) is 0 Å². The van der Waals surface area contributed by atoms with Gasteiger partial charge in [-0.3, -0.25) is 4.90 Å². The largest absolute Gasteiger partial charge is 0.314 e. The summed E-state index contributed by atoms with van der Waals surface area (Å²) in [6.45, 7) is 6.85. The number of nitrogens with zero attached hydrogens (tertiary/aromatic N) is 2. The van der Waals surface area contributed by atoms with Gasteiger partial charge < -0.3 is 5.32 Å². The molecule has 0 spiro atoms. The average molecular weight is 211 g/mol. The monoisotopic (exact) mass is 211 g/mol. The summed E-state index contributed by atoms with van der Waals surface area (Å²) < 4.78 is 0. The maximum Gasteiger partial charge on any atom is 0.0794 e. The molecule has 1 unspecified atom stereocenters. The van der Waals surface area contributed by atoms with Crippen molar-refractivity contribution in [1.29, 1.82) is 0 Å². The SMILES string of the molecule is CC1CNCCN1CCc1cscn1. The lowest BCUT2D eigenvalue weighted by atomic mass is 10.2. The first-order valence-electron chi connectivity index (χ1n) is 5.18. The number of nitrogens with one attached hydrogen (secondary N) is 1. The van der Waals surface area contributed by atoms with Crippen LogP contribution in [0.5, 0.6) is 0 Å². The number of thiazole rings is 1. The van der Waals surface area contributed by atoms with Crippen molar-refractivity contribution in [1.82, 2.24) is 15.2 Å². The van der Waals surface area contributed by atoms with Gasteiger partial charge in [0.25, 0.3) is 0 Å². The van der Waals surface area contributed by atoms with Crippen molar-refractivity contribution in [3.05, 3.63) is 16.6 Å². The summed E-state index contributed by atoms with van der Waals surface area (Å²) in [6, 6.07) is 0.669. The van der Waals surface area contributed by atoms with Crippen LogP contribution in [0.25, 0.3) is 0 Å². The van der Waals surface area contributed by atoms with Crippen molar-refractivity contribution in [2.24, 2.45) is 0 Å². The highest BCUT2D eigenvalue weighted by Crippen LogP contribution is 2.06. The number of piperazine rings is 1. The molecule has 3 nitrogen and oxygen atoms in total. The Labute approximate surface area is 89.1 Å². The molecule has 0 aromatic carbocycles. The lowest BCUT2D eigenvalue weighted by Crippen LogP contribution is -2.50. The predicted octanol–water partition coefficient (Wildman–Crippen LogP) is 0.979. The quantitative estimate of drug-likeness (QED) is 0.808. The molecule has 4 heteroatoms. The first kappa shape index (κ1) is 10.1. The molecule has 0 radical (unpaired) electrons. The van der Waals surface area contributed by atoms with Gasteiger partial charge in [0, 0.05) is 44.0 Å². The Morgan fingerprint density at radius 3 is 3.36 bits per heavy atom. The highest BCUT2D eigenvalue weighted by molar-refractivity contribution is 7.07. The van der Waals surface area contributed by atoms with Crippen LogP contribution in [0.3, 0.4) is 0 Å². The van der Waals surface area contributed by atoms with E-state index in [1.807, 2.05) is 5.51 Å². The molecule has 78 valence electrons. The summed E-state index contributed by atoms with van der Waals surface area (Å²) in [5.74, 6) is 0. The third-order valence-electron chi connectivity index (χ3n) is 2.78. The second-order valence-corrected chi connectivity index (χ2v) is 4.54. The molecule has 0 amide bonds. The second-order valence-electron chi connectivity index (χ2n) is 3.82. The highest BCUT2D eigenvalue weighted by Gasteiger charge is 2.17. The molecular formula is C10H17N3S. The smallest absolute Gasteiger partial charge is 0.0794 e. The fourth-order valence-corrected chi connectivity index (χ4v) is 2.43. The lowest BCUT2D eigenvalue weighted by molar-refractivity contribution is 0.175. The van der Waals surface area contributed by atoms with E-state index in [-0.39, 0.29) is 0 Å². The number of hydrogen-bond donors (Lipinski definition) is 1. The average Bonchev–Trinajstić information content (AvgIpc) is 2.69. The van der Waals surface area contributed by atoms with Crippen LogP contribution in [0.4, 0.5) is 0 Å². The summed E-state index contributed by atoms with van der Waals surface area (Å²) in [5.41, 5.74) is 3.15.